The van der Waals surface area contributed by atoms with Crippen molar-refractivity contribution in [2.24, 2.45) is 5.84 Å². The highest BCUT2D eigenvalue weighted by atomic mass is 79.9. The zero-order valence-corrected chi connectivity index (χ0v) is 7.80. The minimum Gasteiger partial charge on any atom is -0.271 e. The predicted octanol–water partition coefficient (Wildman–Crippen LogP) is 1.37. The third-order valence-electron chi connectivity index (χ3n) is 1.43. The van der Waals surface area contributed by atoms with Crippen molar-refractivity contribution in [3.63, 3.8) is 0 Å². The van der Waals surface area contributed by atoms with Crippen molar-refractivity contribution in [1.82, 2.24) is 10.4 Å². The zero-order chi connectivity index (χ0) is 8.27. The Morgan fingerprint density at radius 2 is 2.36 bits per heavy atom. The minimum absolute atomic E-state index is 0.0903. The molecule has 0 bridgehead atoms. The van der Waals surface area contributed by atoms with Gasteiger partial charge in [-0.2, -0.15) is 0 Å². The third kappa shape index (κ3) is 2.25. The largest absolute Gasteiger partial charge is 0.271 e. The topological polar surface area (TPSA) is 50.9 Å². The lowest BCUT2D eigenvalue weighted by Crippen LogP contribution is -2.26. The quantitative estimate of drug-likeness (QED) is 0.446. The van der Waals surface area contributed by atoms with Gasteiger partial charge in [-0.3, -0.25) is 11.3 Å². The second kappa shape index (κ2) is 3.80. The first kappa shape index (κ1) is 8.64. The summed E-state index contributed by atoms with van der Waals surface area (Å²) >= 11 is 3.28. The van der Waals surface area contributed by atoms with Crippen LogP contribution in [-0.4, -0.2) is 4.98 Å². The van der Waals surface area contributed by atoms with Crippen LogP contribution >= 0.6 is 15.9 Å². The van der Waals surface area contributed by atoms with E-state index >= 15 is 0 Å². The van der Waals surface area contributed by atoms with Gasteiger partial charge in [0.15, 0.2) is 0 Å². The summed E-state index contributed by atoms with van der Waals surface area (Å²) in [7, 11) is 0. The summed E-state index contributed by atoms with van der Waals surface area (Å²) in [5.74, 6) is 5.25. The van der Waals surface area contributed by atoms with Gasteiger partial charge in [0.25, 0.3) is 0 Å². The van der Waals surface area contributed by atoms with Crippen LogP contribution in [0.25, 0.3) is 0 Å². The lowest BCUT2D eigenvalue weighted by atomic mass is 10.2. The van der Waals surface area contributed by atoms with Gasteiger partial charge in [-0.15, -0.1) is 0 Å². The molecule has 0 aliphatic rings. The van der Waals surface area contributed by atoms with Crippen LogP contribution in [0.3, 0.4) is 0 Å². The highest BCUT2D eigenvalue weighted by Gasteiger charge is 2.02. The van der Waals surface area contributed by atoms with Gasteiger partial charge in [-0.05, 0) is 35.0 Å². The average molecular weight is 216 g/mol. The molecule has 0 aromatic carbocycles. The molecular weight excluding hydrogens is 206 g/mol. The number of halogens is 1. The zero-order valence-electron chi connectivity index (χ0n) is 6.21. The maximum atomic E-state index is 5.25. The first-order valence-electron chi connectivity index (χ1n) is 3.32. The summed E-state index contributed by atoms with van der Waals surface area (Å²) < 4.78 is 0.831. The standard InChI is InChI=1S/C7H10BrN3/c1-5(11-9)6-3-2-4-7(8)10-6/h2-5,11H,9H2,1H3/t5-/m1/s1. The molecule has 0 aliphatic heterocycles. The molecule has 1 aromatic rings. The molecule has 3 N–H and O–H groups in total. The van der Waals surface area contributed by atoms with E-state index in [9.17, 15) is 0 Å². The first-order valence-corrected chi connectivity index (χ1v) is 4.12. The van der Waals surface area contributed by atoms with Crippen LogP contribution in [0.2, 0.25) is 0 Å². The summed E-state index contributed by atoms with van der Waals surface area (Å²) in [5.41, 5.74) is 3.56. The second-order valence-electron chi connectivity index (χ2n) is 2.27. The molecule has 0 amide bonds. The molecule has 0 radical (unpaired) electrons. The van der Waals surface area contributed by atoms with E-state index in [4.69, 9.17) is 5.84 Å². The molecule has 0 unspecified atom stereocenters. The molecule has 0 spiro atoms. The van der Waals surface area contributed by atoms with E-state index in [2.05, 4.69) is 26.3 Å². The molecule has 4 heteroatoms. The van der Waals surface area contributed by atoms with Gasteiger partial charge in [-0.25, -0.2) is 4.98 Å². The average Bonchev–Trinajstić information content (AvgIpc) is 2.03. The number of hydrogen-bond acceptors (Lipinski definition) is 3. The molecule has 1 rings (SSSR count). The smallest absolute Gasteiger partial charge is 0.106 e. The van der Waals surface area contributed by atoms with Crippen LogP contribution in [0.5, 0.6) is 0 Å². The number of nitrogens with two attached hydrogens (primary N) is 1. The van der Waals surface area contributed by atoms with E-state index in [1.807, 2.05) is 25.1 Å². The fraction of sp³-hybridized carbons (Fsp3) is 0.286. The van der Waals surface area contributed by atoms with Crippen molar-refractivity contribution >= 4 is 15.9 Å². The van der Waals surface area contributed by atoms with Gasteiger partial charge >= 0.3 is 0 Å². The Morgan fingerprint density at radius 1 is 1.64 bits per heavy atom. The van der Waals surface area contributed by atoms with Crippen LogP contribution in [0.4, 0.5) is 0 Å². The highest BCUT2D eigenvalue weighted by Crippen LogP contribution is 2.11. The van der Waals surface area contributed by atoms with Crippen molar-refractivity contribution < 1.29 is 0 Å². The molecule has 1 heterocycles. The van der Waals surface area contributed by atoms with Crippen LogP contribution in [0.15, 0.2) is 22.8 Å². The van der Waals surface area contributed by atoms with Gasteiger partial charge in [-0.1, -0.05) is 6.07 Å². The van der Waals surface area contributed by atoms with Crippen molar-refractivity contribution in [3.05, 3.63) is 28.5 Å². The lowest BCUT2D eigenvalue weighted by Gasteiger charge is -2.08. The summed E-state index contributed by atoms with van der Waals surface area (Å²) in [6, 6.07) is 5.83. The molecule has 0 fully saturated rings. The Bertz CT molecular complexity index is 239. The number of rotatable bonds is 2. The van der Waals surface area contributed by atoms with Crippen molar-refractivity contribution in [2.45, 2.75) is 13.0 Å². The first-order chi connectivity index (χ1) is 5.24. The van der Waals surface area contributed by atoms with Gasteiger partial charge in [0.1, 0.15) is 4.60 Å². The van der Waals surface area contributed by atoms with E-state index in [-0.39, 0.29) is 6.04 Å². The van der Waals surface area contributed by atoms with E-state index in [0.717, 1.165) is 10.3 Å². The van der Waals surface area contributed by atoms with Gasteiger partial charge in [0.05, 0.1) is 11.7 Å². The minimum atomic E-state index is 0.0903. The molecular formula is C7H10BrN3. The maximum Gasteiger partial charge on any atom is 0.106 e. The fourth-order valence-corrected chi connectivity index (χ4v) is 1.11. The van der Waals surface area contributed by atoms with Crippen molar-refractivity contribution in [1.29, 1.82) is 0 Å². The number of hydrazine groups is 1. The number of aromatic nitrogens is 1. The van der Waals surface area contributed by atoms with Crippen LogP contribution in [0.1, 0.15) is 18.7 Å². The monoisotopic (exact) mass is 215 g/mol. The normalized spacial score (nSPS) is 13.0. The lowest BCUT2D eigenvalue weighted by molar-refractivity contribution is 0.586. The molecule has 11 heavy (non-hydrogen) atoms. The fourth-order valence-electron chi connectivity index (χ4n) is 0.751. The highest BCUT2D eigenvalue weighted by molar-refractivity contribution is 9.10. The summed E-state index contributed by atoms with van der Waals surface area (Å²) in [6.45, 7) is 1.95. The van der Waals surface area contributed by atoms with E-state index in [0.29, 0.717) is 0 Å². The molecule has 3 nitrogen and oxygen atoms in total. The van der Waals surface area contributed by atoms with Crippen molar-refractivity contribution in [3.8, 4) is 0 Å². The predicted molar refractivity (Wildman–Crippen MR) is 47.7 cm³/mol. The second-order valence-corrected chi connectivity index (χ2v) is 3.09. The van der Waals surface area contributed by atoms with Crippen molar-refractivity contribution in [2.75, 3.05) is 0 Å². The number of hydrogen-bond donors (Lipinski definition) is 2. The summed E-state index contributed by atoms with van der Waals surface area (Å²) in [4.78, 5) is 4.22. The van der Waals surface area contributed by atoms with E-state index < -0.39 is 0 Å². The Morgan fingerprint density at radius 3 is 2.91 bits per heavy atom. The van der Waals surface area contributed by atoms with Crippen LogP contribution < -0.4 is 11.3 Å². The Hall–Kier alpha value is -0.450. The van der Waals surface area contributed by atoms with Crippen LogP contribution in [-0.2, 0) is 0 Å². The molecule has 0 aliphatic carbocycles. The maximum absolute atomic E-state index is 5.25. The number of nitrogens with one attached hydrogen (secondary N) is 1. The summed E-state index contributed by atoms with van der Waals surface area (Å²) in [6.07, 6.45) is 0. The van der Waals surface area contributed by atoms with Gasteiger partial charge in [0.2, 0.25) is 0 Å². The van der Waals surface area contributed by atoms with Crippen LogP contribution in [0, 0.1) is 0 Å². The Kier molecular flexibility index (Phi) is 2.99. The summed E-state index contributed by atoms with van der Waals surface area (Å²) in [5, 5.41) is 0. The third-order valence-corrected chi connectivity index (χ3v) is 1.87. The Balaban J connectivity index is 2.86. The molecule has 60 valence electrons. The number of nitrogens with zero attached hydrogens (tertiary/aromatic N) is 1. The van der Waals surface area contributed by atoms with Gasteiger partial charge < -0.3 is 0 Å². The molecule has 1 atom stereocenters. The molecule has 1 aromatic heterocycles. The van der Waals surface area contributed by atoms with E-state index in [1.165, 1.54) is 0 Å². The number of pyridine rings is 1. The Labute approximate surface area is 74.1 Å². The molecule has 0 saturated carbocycles. The van der Waals surface area contributed by atoms with E-state index in [1.54, 1.807) is 0 Å². The van der Waals surface area contributed by atoms with Gasteiger partial charge in [0, 0.05) is 0 Å². The SMILES string of the molecule is C[C@@H](NN)c1cccc(Br)n1. The molecule has 0 saturated heterocycles.